The summed E-state index contributed by atoms with van der Waals surface area (Å²) in [6.45, 7) is 1.76. The zero-order valence-electron chi connectivity index (χ0n) is 19.2. The van der Waals surface area contributed by atoms with Crippen molar-refractivity contribution in [3.63, 3.8) is 0 Å². The summed E-state index contributed by atoms with van der Waals surface area (Å²) >= 11 is 5.97. The predicted molar refractivity (Wildman–Crippen MR) is 129 cm³/mol. The summed E-state index contributed by atoms with van der Waals surface area (Å²) < 4.78 is 17.1. The lowest BCUT2D eigenvalue weighted by molar-refractivity contribution is -0.133. The standard InChI is InChI=1S/C26H21ClN2O6/c1-15-19(13-24(30)35-23-10-11-28-14-21(23)26(32)34-3)20-12-18(33-2)8-9-22(20)29(15)25(31)16-4-6-17(27)7-5-16/h4-12,14H,13H2,1-3H3. The second kappa shape index (κ2) is 9.99. The molecule has 2 aromatic heterocycles. The highest BCUT2D eigenvalue weighted by molar-refractivity contribution is 6.30. The third-order valence-corrected chi connectivity index (χ3v) is 5.82. The number of pyridine rings is 1. The van der Waals surface area contributed by atoms with E-state index >= 15 is 0 Å². The smallest absolute Gasteiger partial charge is 0.343 e. The van der Waals surface area contributed by atoms with Crippen molar-refractivity contribution in [2.45, 2.75) is 13.3 Å². The van der Waals surface area contributed by atoms with Gasteiger partial charge in [-0.15, -0.1) is 0 Å². The molecule has 0 atom stereocenters. The maximum Gasteiger partial charge on any atom is 0.343 e. The quantitative estimate of drug-likeness (QED) is 0.362. The van der Waals surface area contributed by atoms with E-state index < -0.39 is 11.9 Å². The SMILES string of the molecule is COC(=O)c1cnccc1OC(=O)Cc1c(C)n(C(=O)c2ccc(Cl)cc2)c2ccc(OC)cc12. The van der Waals surface area contributed by atoms with Gasteiger partial charge in [-0.25, -0.2) is 4.79 Å². The van der Waals surface area contributed by atoms with Crippen LogP contribution in [0.2, 0.25) is 5.02 Å². The first-order valence-corrected chi connectivity index (χ1v) is 10.9. The highest BCUT2D eigenvalue weighted by atomic mass is 35.5. The van der Waals surface area contributed by atoms with E-state index in [0.29, 0.717) is 38.5 Å². The molecule has 0 radical (unpaired) electrons. The molecule has 178 valence electrons. The van der Waals surface area contributed by atoms with Gasteiger partial charge in [-0.2, -0.15) is 0 Å². The third kappa shape index (κ3) is 4.74. The summed E-state index contributed by atoms with van der Waals surface area (Å²) in [7, 11) is 2.76. The molecule has 4 rings (SSSR count). The van der Waals surface area contributed by atoms with Crippen LogP contribution in [0.5, 0.6) is 11.5 Å². The Labute approximate surface area is 206 Å². The Bertz CT molecular complexity index is 1440. The lowest BCUT2D eigenvalue weighted by atomic mass is 10.1. The van der Waals surface area contributed by atoms with Crippen LogP contribution in [0, 0.1) is 6.92 Å². The molecule has 0 aliphatic carbocycles. The fourth-order valence-electron chi connectivity index (χ4n) is 3.83. The van der Waals surface area contributed by atoms with Crippen molar-refractivity contribution in [3.05, 3.63) is 88.3 Å². The van der Waals surface area contributed by atoms with E-state index in [1.165, 1.54) is 32.7 Å². The summed E-state index contributed by atoms with van der Waals surface area (Å²) in [5.41, 5.74) is 2.26. The maximum atomic E-state index is 13.4. The van der Waals surface area contributed by atoms with Crippen LogP contribution in [0.3, 0.4) is 0 Å². The largest absolute Gasteiger partial charge is 0.497 e. The molecule has 9 heteroatoms. The Balaban J connectivity index is 1.74. The van der Waals surface area contributed by atoms with Crippen LogP contribution in [0.15, 0.2) is 60.9 Å². The van der Waals surface area contributed by atoms with E-state index in [2.05, 4.69) is 4.98 Å². The van der Waals surface area contributed by atoms with Gasteiger partial charge in [0, 0.05) is 40.1 Å². The lowest BCUT2D eigenvalue weighted by Gasteiger charge is -2.09. The van der Waals surface area contributed by atoms with E-state index in [9.17, 15) is 14.4 Å². The van der Waals surface area contributed by atoms with Crippen LogP contribution in [-0.2, 0) is 16.0 Å². The average Bonchev–Trinajstić information content (AvgIpc) is 3.14. The van der Waals surface area contributed by atoms with E-state index in [4.69, 9.17) is 25.8 Å². The number of esters is 2. The fraction of sp³-hybridized carbons (Fsp3) is 0.154. The molecule has 0 saturated heterocycles. The van der Waals surface area contributed by atoms with E-state index in [0.717, 1.165) is 0 Å². The highest BCUT2D eigenvalue weighted by Crippen LogP contribution is 2.31. The molecule has 0 amide bonds. The van der Waals surface area contributed by atoms with E-state index in [-0.39, 0.29) is 23.6 Å². The first kappa shape index (κ1) is 24.0. The van der Waals surface area contributed by atoms with Crippen LogP contribution >= 0.6 is 11.6 Å². The van der Waals surface area contributed by atoms with Crippen molar-refractivity contribution in [1.29, 1.82) is 0 Å². The van der Waals surface area contributed by atoms with Gasteiger partial charge in [0.15, 0.2) is 0 Å². The summed E-state index contributed by atoms with van der Waals surface area (Å²) in [6, 6.07) is 13.3. The van der Waals surface area contributed by atoms with Gasteiger partial charge in [0.1, 0.15) is 17.1 Å². The van der Waals surface area contributed by atoms with Crippen LogP contribution in [0.25, 0.3) is 10.9 Å². The number of carbonyl (C=O) groups is 3. The van der Waals surface area contributed by atoms with Gasteiger partial charge in [-0.1, -0.05) is 11.6 Å². The molecule has 2 heterocycles. The molecule has 4 aromatic rings. The fourth-order valence-corrected chi connectivity index (χ4v) is 3.96. The minimum absolute atomic E-state index is 0.0297. The molecule has 0 aliphatic rings. The number of rotatable bonds is 6. The Morgan fingerprint density at radius 3 is 2.46 bits per heavy atom. The van der Waals surface area contributed by atoms with Crippen molar-refractivity contribution in [3.8, 4) is 11.5 Å². The zero-order chi connectivity index (χ0) is 25.1. The minimum atomic E-state index is -0.674. The molecule has 0 N–H and O–H groups in total. The Kier molecular flexibility index (Phi) is 6.84. The Morgan fingerprint density at radius 1 is 1.03 bits per heavy atom. The average molecular weight is 493 g/mol. The number of fused-ring (bicyclic) bond motifs is 1. The van der Waals surface area contributed by atoms with Gasteiger partial charge < -0.3 is 14.2 Å². The second-order valence-corrected chi connectivity index (χ2v) is 8.05. The normalized spacial score (nSPS) is 10.7. The molecule has 35 heavy (non-hydrogen) atoms. The van der Waals surface area contributed by atoms with Gasteiger partial charge in [0.25, 0.3) is 5.91 Å². The maximum absolute atomic E-state index is 13.4. The van der Waals surface area contributed by atoms with Crippen LogP contribution in [0.4, 0.5) is 0 Å². The van der Waals surface area contributed by atoms with Crippen LogP contribution in [-0.4, -0.2) is 41.6 Å². The molecule has 2 aromatic carbocycles. The number of methoxy groups -OCH3 is 2. The highest BCUT2D eigenvalue weighted by Gasteiger charge is 2.24. The summed E-state index contributed by atoms with van der Waals surface area (Å²) in [6.07, 6.45) is 2.52. The van der Waals surface area contributed by atoms with E-state index in [1.54, 1.807) is 54.0 Å². The molecule has 0 spiro atoms. The van der Waals surface area contributed by atoms with Gasteiger partial charge in [0.05, 0.1) is 26.2 Å². The van der Waals surface area contributed by atoms with Crippen molar-refractivity contribution in [2.24, 2.45) is 0 Å². The molecular weight excluding hydrogens is 472 g/mol. The molecule has 0 aliphatic heterocycles. The summed E-state index contributed by atoms with van der Waals surface area (Å²) in [5, 5.41) is 1.19. The number of nitrogens with zero attached hydrogens (tertiary/aromatic N) is 2. The number of ether oxygens (including phenoxy) is 3. The first-order valence-electron chi connectivity index (χ1n) is 10.5. The van der Waals surface area contributed by atoms with E-state index in [1.807, 2.05) is 0 Å². The van der Waals surface area contributed by atoms with Crippen molar-refractivity contribution in [2.75, 3.05) is 14.2 Å². The van der Waals surface area contributed by atoms with Crippen molar-refractivity contribution < 1.29 is 28.6 Å². The Morgan fingerprint density at radius 2 is 1.77 bits per heavy atom. The molecule has 8 nitrogen and oxygen atoms in total. The number of benzene rings is 2. The topological polar surface area (TPSA) is 96.7 Å². The second-order valence-electron chi connectivity index (χ2n) is 7.61. The number of halogens is 1. The lowest BCUT2D eigenvalue weighted by Crippen LogP contribution is -2.16. The Hall–Kier alpha value is -4.17. The number of hydrogen-bond donors (Lipinski definition) is 0. The summed E-state index contributed by atoms with van der Waals surface area (Å²) in [4.78, 5) is 42.2. The predicted octanol–water partition coefficient (Wildman–Crippen LogP) is 4.63. The van der Waals surface area contributed by atoms with Crippen LogP contribution < -0.4 is 9.47 Å². The third-order valence-electron chi connectivity index (χ3n) is 5.57. The van der Waals surface area contributed by atoms with Crippen molar-refractivity contribution in [1.82, 2.24) is 9.55 Å². The number of aromatic nitrogens is 2. The monoisotopic (exact) mass is 492 g/mol. The molecular formula is C26H21ClN2O6. The minimum Gasteiger partial charge on any atom is -0.497 e. The van der Waals surface area contributed by atoms with Gasteiger partial charge in [0.2, 0.25) is 0 Å². The molecule has 0 saturated carbocycles. The summed E-state index contributed by atoms with van der Waals surface area (Å²) in [5.74, 6) is -0.952. The van der Waals surface area contributed by atoms with Crippen molar-refractivity contribution >= 4 is 40.3 Å². The zero-order valence-corrected chi connectivity index (χ0v) is 20.0. The molecule has 0 unspecified atom stereocenters. The first-order chi connectivity index (χ1) is 16.8. The van der Waals surface area contributed by atoms with Crippen LogP contribution in [0.1, 0.15) is 32.0 Å². The molecule has 0 fully saturated rings. The van der Waals surface area contributed by atoms with Gasteiger partial charge in [-0.3, -0.25) is 19.1 Å². The number of carbonyl (C=O) groups excluding carboxylic acids is 3. The van der Waals surface area contributed by atoms with Gasteiger partial charge in [-0.05, 0) is 55.0 Å². The van der Waals surface area contributed by atoms with Gasteiger partial charge >= 0.3 is 11.9 Å². The number of hydrogen-bond acceptors (Lipinski definition) is 7. The molecule has 0 bridgehead atoms.